The van der Waals surface area contributed by atoms with Crippen LogP contribution in [0, 0.1) is 6.92 Å². The summed E-state index contributed by atoms with van der Waals surface area (Å²) in [4.78, 5) is 11.1. The Morgan fingerprint density at radius 1 is 1.41 bits per heavy atom. The van der Waals surface area contributed by atoms with Crippen LogP contribution in [0.4, 0.5) is 5.69 Å². The Morgan fingerprint density at radius 2 is 2.00 bits per heavy atom. The summed E-state index contributed by atoms with van der Waals surface area (Å²) < 4.78 is 0. The van der Waals surface area contributed by atoms with Gasteiger partial charge in [-0.1, -0.05) is 11.6 Å². The van der Waals surface area contributed by atoms with Crippen LogP contribution in [0.5, 0.6) is 0 Å². The van der Waals surface area contributed by atoms with Crippen LogP contribution < -0.4 is 5.32 Å². The molecule has 3 N–H and O–H groups in total. The zero-order valence-electron chi connectivity index (χ0n) is 10.6. The van der Waals surface area contributed by atoms with E-state index in [-0.39, 0.29) is 5.56 Å². The molecule has 0 fully saturated rings. The third-order valence-electron chi connectivity index (χ3n) is 2.91. The van der Waals surface area contributed by atoms with E-state index in [1.165, 1.54) is 0 Å². The number of carboxylic acids is 1. The van der Waals surface area contributed by atoms with Gasteiger partial charge < -0.3 is 15.5 Å². The van der Waals surface area contributed by atoms with E-state index in [1.807, 2.05) is 26.8 Å². The minimum atomic E-state index is -0.974. The molecule has 1 atom stereocenters. The van der Waals surface area contributed by atoms with Gasteiger partial charge in [0.1, 0.15) is 0 Å². The van der Waals surface area contributed by atoms with Crippen LogP contribution in [-0.4, -0.2) is 27.8 Å². The number of carbonyl (C=O) groups is 1. The van der Waals surface area contributed by atoms with Crippen molar-refractivity contribution in [1.82, 2.24) is 0 Å². The van der Waals surface area contributed by atoms with Crippen LogP contribution >= 0.6 is 0 Å². The molecule has 0 radical (unpaired) electrons. The van der Waals surface area contributed by atoms with Crippen LogP contribution in [-0.2, 0) is 0 Å². The van der Waals surface area contributed by atoms with Crippen molar-refractivity contribution < 1.29 is 15.0 Å². The highest BCUT2D eigenvalue weighted by atomic mass is 16.4. The summed E-state index contributed by atoms with van der Waals surface area (Å²) in [5, 5.41) is 21.8. The van der Waals surface area contributed by atoms with E-state index < -0.39 is 17.6 Å². The fourth-order valence-electron chi connectivity index (χ4n) is 1.40. The largest absolute Gasteiger partial charge is 0.478 e. The van der Waals surface area contributed by atoms with Gasteiger partial charge in [-0.25, -0.2) is 4.79 Å². The van der Waals surface area contributed by atoms with Crippen LogP contribution in [0.25, 0.3) is 0 Å². The van der Waals surface area contributed by atoms with Crippen molar-refractivity contribution in [2.24, 2.45) is 0 Å². The molecule has 1 unspecified atom stereocenters. The van der Waals surface area contributed by atoms with Crippen LogP contribution in [0.15, 0.2) is 18.2 Å². The summed E-state index contributed by atoms with van der Waals surface area (Å²) in [6.45, 7) is 7.16. The maximum absolute atomic E-state index is 11.1. The molecular formula is C13H19NO3. The molecule has 0 aliphatic carbocycles. The third kappa shape index (κ3) is 3.20. The lowest BCUT2D eigenvalue weighted by Crippen LogP contribution is -2.42. The molecule has 1 aromatic carbocycles. The minimum Gasteiger partial charge on any atom is -0.478 e. The Morgan fingerprint density at radius 3 is 2.47 bits per heavy atom. The first-order valence-corrected chi connectivity index (χ1v) is 5.54. The molecule has 1 rings (SSSR count). The third-order valence-corrected chi connectivity index (χ3v) is 2.91. The van der Waals surface area contributed by atoms with Crippen molar-refractivity contribution in [2.75, 3.05) is 5.32 Å². The first-order chi connectivity index (χ1) is 7.74. The highest BCUT2D eigenvalue weighted by molar-refractivity contribution is 5.94. The Bertz CT molecular complexity index is 425. The fourth-order valence-corrected chi connectivity index (χ4v) is 1.40. The van der Waals surface area contributed by atoms with Gasteiger partial charge in [0.15, 0.2) is 0 Å². The molecule has 0 heterocycles. The highest BCUT2D eigenvalue weighted by Crippen LogP contribution is 2.23. The molecule has 4 nitrogen and oxygen atoms in total. The van der Waals surface area contributed by atoms with Gasteiger partial charge >= 0.3 is 5.97 Å². The number of rotatable bonds is 4. The average Bonchev–Trinajstić information content (AvgIpc) is 2.19. The lowest BCUT2D eigenvalue weighted by molar-refractivity contribution is 0.0697. The van der Waals surface area contributed by atoms with E-state index in [0.29, 0.717) is 5.69 Å². The Kier molecular flexibility index (Phi) is 3.78. The SMILES string of the molecule is Cc1ccc(NC(C)(C)C(C)O)c(C(=O)O)c1. The molecule has 0 spiro atoms. The predicted octanol–water partition coefficient (Wildman–Crippen LogP) is 2.26. The van der Waals surface area contributed by atoms with E-state index >= 15 is 0 Å². The van der Waals surface area contributed by atoms with Crippen molar-refractivity contribution in [1.29, 1.82) is 0 Å². The van der Waals surface area contributed by atoms with Gasteiger partial charge in [-0.15, -0.1) is 0 Å². The van der Waals surface area contributed by atoms with Crippen molar-refractivity contribution in [2.45, 2.75) is 39.3 Å². The molecule has 4 heteroatoms. The van der Waals surface area contributed by atoms with Gasteiger partial charge in [-0.3, -0.25) is 0 Å². The number of hydrogen-bond donors (Lipinski definition) is 3. The number of nitrogens with one attached hydrogen (secondary N) is 1. The van der Waals surface area contributed by atoms with Crippen molar-refractivity contribution in [3.8, 4) is 0 Å². The number of aliphatic hydroxyl groups is 1. The number of carboxylic acid groups (broad SMARTS) is 1. The molecule has 0 aliphatic heterocycles. The zero-order valence-corrected chi connectivity index (χ0v) is 10.6. The van der Waals surface area contributed by atoms with Crippen molar-refractivity contribution in [3.63, 3.8) is 0 Å². The lowest BCUT2D eigenvalue weighted by Gasteiger charge is -2.31. The number of benzene rings is 1. The lowest BCUT2D eigenvalue weighted by atomic mass is 9.97. The van der Waals surface area contributed by atoms with Gasteiger partial charge in [0, 0.05) is 5.69 Å². The number of hydrogen-bond acceptors (Lipinski definition) is 3. The monoisotopic (exact) mass is 237 g/mol. The average molecular weight is 237 g/mol. The Labute approximate surface area is 101 Å². The molecule has 0 saturated carbocycles. The standard InChI is InChI=1S/C13H19NO3/c1-8-5-6-11(10(7-8)12(16)17)14-13(3,4)9(2)15/h5-7,9,14-15H,1-4H3,(H,16,17). The summed E-state index contributed by atoms with van der Waals surface area (Å²) in [6.07, 6.45) is -0.592. The maximum atomic E-state index is 11.1. The summed E-state index contributed by atoms with van der Waals surface area (Å²) in [6, 6.07) is 5.18. The topological polar surface area (TPSA) is 69.6 Å². The number of aromatic carboxylic acids is 1. The van der Waals surface area contributed by atoms with Crippen molar-refractivity contribution in [3.05, 3.63) is 29.3 Å². The molecule has 94 valence electrons. The number of anilines is 1. The smallest absolute Gasteiger partial charge is 0.337 e. The summed E-state index contributed by atoms with van der Waals surface area (Å²) in [5.41, 5.74) is 1.05. The normalized spacial score (nSPS) is 13.2. The van der Waals surface area contributed by atoms with Crippen LogP contribution in [0.3, 0.4) is 0 Å². The van der Waals surface area contributed by atoms with Crippen LogP contribution in [0.2, 0.25) is 0 Å². The van der Waals surface area contributed by atoms with Gasteiger partial charge in [-0.2, -0.15) is 0 Å². The van der Waals surface area contributed by atoms with Gasteiger partial charge in [0.2, 0.25) is 0 Å². The Hall–Kier alpha value is -1.55. The molecule has 0 aliphatic rings. The molecule has 0 aromatic heterocycles. The van der Waals surface area contributed by atoms with Gasteiger partial charge in [-0.05, 0) is 39.8 Å². The molecular weight excluding hydrogens is 218 g/mol. The second-order valence-corrected chi connectivity index (χ2v) is 4.88. The predicted molar refractivity (Wildman–Crippen MR) is 67.5 cm³/mol. The summed E-state index contributed by atoms with van der Waals surface area (Å²) >= 11 is 0. The van der Waals surface area contributed by atoms with Crippen molar-refractivity contribution >= 4 is 11.7 Å². The second kappa shape index (κ2) is 4.75. The summed E-state index contributed by atoms with van der Waals surface area (Å²) in [7, 11) is 0. The molecule has 17 heavy (non-hydrogen) atoms. The quantitative estimate of drug-likeness (QED) is 0.751. The molecule has 0 amide bonds. The van der Waals surface area contributed by atoms with E-state index in [2.05, 4.69) is 5.32 Å². The molecule has 0 saturated heterocycles. The van der Waals surface area contributed by atoms with Gasteiger partial charge in [0.05, 0.1) is 17.2 Å². The van der Waals surface area contributed by atoms with Gasteiger partial charge in [0.25, 0.3) is 0 Å². The van der Waals surface area contributed by atoms with E-state index in [1.54, 1.807) is 19.1 Å². The first kappa shape index (κ1) is 13.5. The summed E-state index contributed by atoms with van der Waals surface area (Å²) in [5.74, 6) is -0.974. The second-order valence-electron chi connectivity index (χ2n) is 4.88. The first-order valence-electron chi connectivity index (χ1n) is 5.54. The van der Waals surface area contributed by atoms with E-state index in [0.717, 1.165) is 5.56 Å². The minimum absolute atomic E-state index is 0.221. The maximum Gasteiger partial charge on any atom is 0.337 e. The van der Waals surface area contributed by atoms with E-state index in [9.17, 15) is 9.90 Å². The number of aryl methyl sites for hydroxylation is 1. The highest BCUT2D eigenvalue weighted by Gasteiger charge is 2.25. The Balaban J connectivity index is 3.11. The van der Waals surface area contributed by atoms with Crippen LogP contribution in [0.1, 0.15) is 36.7 Å². The fraction of sp³-hybridized carbons (Fsp3) is 0.462. The van der Waals surface area contributed by atoms with E-state index in [4.69, 9.17) is 5.11 Å². The number of aliphatic hydroxyl groups excluding tert-OH is 1. The zero-order chi connectivity index (χ0) is 13.2. The molecule has 1 aromatic rings. The molecule has 0 bridgehead atoms.